The van der Waals surface area contributed by atoms with E-state index >= 15 is 0 Å². The van der Waals surface area contributed by atoms with Gasteiger partial charge in [0.2, 0.25) is 0 Å². The smallest absolute Gasteiger partial charge is 0.153 e. The van der Waals surface area contributed by atoms with Gasteiger partial charge in [-0.1, -0.05) is 6.92 Å². The van der Waals surface area contributed by atoms with Gasteiger partial charge < -0.3 is 10.7 Å². The predicted molar refractivity (Wildman–Crippen MR) is 57.8 cm³/mol. The molecule has 0 amide bonds. The summed E-state index contributed by atoms with van der Waals surface area (Å²) in [4.78, 5) is 6.93. The van der Waals surface area contributed by atoms with Gasteiger partial charge in [-0.3, -0.25) is 0 Å². The van der Waals surface area contributed by atoms with E-state index in [4.69, 9.17) is 5.73 Å². The molecule has 0 saturated heterocycles. The van der Waals surface area contributed by atoms with E-state index in [2.05, 4.69) is 9.97 Å². The van der Waals surface area contributed by atoms with Gasteiger partial charge in [0, 0.05) is 6.07 Å². The van der Waals surface area contributed by atoms with Crippen molar-refractivity contribution in [2.24, 2.45) is 5.73 Å². The van der Waals surface area contributed by atoms with Crippen LogP contribution < -0.4 is 5.73 Å². The Morgan fingerprint density at radius 1 is 1.44 bits per heavy atom. The lowest BCUT2D eigenvalue weighted by Gasteiger charge is -2.19. The number of fused-ring (bicyclic) bond motifs is 1. The van der Waals surface area contributed by atoms with E-state index in [0.29, 0.717) is 17.8 Å². The quantitative estimate of drug-likeness (QED) is 0.824. The summed E-state index contributed by atoms with van der Waals surface area (Å²) < 4.78 is 26.4. The number of imidazole rings is 1. The van der Waals surface area contributed by atoms with Crippen molar-refractivity contribution in [2.75, 3.05) is 0 Å². The molecule has 5 heteroatoms. The molecule has 0 bridgehead atoms. The lowest BCUT2D eigenvalue weighted by molar-refractivity contribution is 0.451. The zero-order valence-corrected chi connectivity index (χ0v) is 9.14. The van der Waals surface area contributed by atoms with E-state index in [9.17, 15) is 8.78 Å². The molecule has 86 valence electrons. The van der Waals surface area contributed by atoms with Crippen LogP contribution in [0.15, 0.2) is 12.1 Å². The van der Waals surface area contributed by atoms with Gasteiger partial charge in [0.05, 0.1) is 11.1 Å². The third kappa shape index (κ3) is 1.67. The van der Waals surface area contributed by atoms with Crippen molar-refractivity contribution >= 4 is 11.0 Å². The summed E-state index contributed by atoms with van der Waals surface area (Å²) in [6, 6.07) is 2.02. The normalized spacial score (nSPS) is 15.3. The molecule has 1 aromatic heterocycles. The van der Waals surface area contributed by atoms with Crippen LogP contribution in [0.3, 0.4) is 0 Å². The van der Waals surface area contributed by atoms with Crippen molar-refractivity contribution in [1.82, 2.24) is 9.97 Å². The van der Waals surface area contributed by atoms with E-state index in [-0.39, 0.29) is 5.52 Å². The molecule has 3 nitrogen and oxygen atoms in total. The fourth-order valence-electron chi connectivity index (χ4n) is 1.48. The molecule has 0 spiro atoms. The number of halogens is 2. The zero-order valence-electron chi connectivity index (χ0n) is 9.14. The van der Waals surface area contributed by atoms with Crippen LogP contribution in [-0.2, 0) is 5.54 Å². The molecule has 0 aliphatic heterocycles. The van der Waals surface area contributed by atoms with Gasteiger partial charge in [-0.25, -0.2) is 13.8 Å². The van der Waals surface area contributed by atoms with Crippen molar-refractivity contribution in [3.8, 4) is 0 Å². The Bertz CT molecular complexity index is 531. The molecule has 0 aliphatic rings. The number of aromatic nitrogens is 2. The van der Waals surface area contributed by atoms with Crippen molar-refractivity contribution in [3.63, 3.8) is 0 Å². The first-order valence-electron chi connectivity index (χ1n) is 5.08. The standard InChI is InChI=1S/C11H13F2N3/c1-3-11(2,14)10-15-8-5-6(12)4-7(13)9(8)16-10/h4-5H,3,14H2,1-2H3,(H,15,16). The van der Waals surface area contributed by atoms with Crippen LogP contribution in [0.25, 0.3) is 11.0 Å². The number of nitrogens with one attached hydrogen (secondary N) is 1. The SMILES string of the molecule is CCC(C)(N)c1nc2c(F)cc(F)cc2[nH]1. The van der Waals surface area contributed by atoms with Gasteiger partial charge in [-0.05, 0) is 19.4 Å². The number of nitrogens with zero attached hydrogens (tertiary/aromatic N) is 1. The molecule has 2 rings (SSSR count). The Balaban J connectivity index is 2.65. The summed E-state index contributed by atoms with van der Waals surface area (Å²) in [6.07, 6.45) is 0.650. The summed E-state index contributed by atoms with van der Waals surface area (Å²) in [6.45, 7) is 3.70. The molecule has 1 heterocycles. The van der Waals surface area contributed by atoms with Crippen LogP contribution >= 0.6 is 0 Å². The first-order chi connectivity index (χ1) is 7.44. The Labute approximate surface area is 91.7 Å². The van der Waals surface area contributed by atoms with Crippen LogP contribution in [0.2, 0.25) is 0 Å². The molecule has 1 unspecified atom stereocenters. The third-order valence-corrected chi connectivity index (χ3v) is 2.78. The van der Waals surface area contributed by atoms with E-state index < -0.39 is 17.2 Å². The maximum absolute atomic E-state index is 13.4. The van der Waals surface area contributed by atoms with Gasteiger partial charge in [0.15, 0.2) is 5.82 Å². The Morgan fingerprint density at radius 3 is 2.75 bits per heavy atom. The molecule has 0 saturated carbocycles. The Hall–Kier alpha value is -1.49. The maximum atomic E-state index is 13.4. The number of nitrogens with two attached hydrogens (primary N) is 1. The molecule has 3 N–H and O–H groups in total. The van der Waals surface area contributed by atoms with Crippen molar-refractivity contribution in [2.45, 2.75) is 25.8 Å². The summed E-state index contributed by atoms with van der Waals surface area (Å²) in [5.41, 5.74) is 5.77. The molecular weight excluding hydrogens is 212 g/mol. The van der Waals surface area contributed by atoms with Crippen LogP contribution in [0, 0.1) is 11.6 Å². The topological polar surface area (TPSA) is 54.7 Å². The van der Waals surface area contributed by atoms with Crippen molar-refractivity contribution < 1.29 is 8.78 Å². The second-order valence-electron chi connectivity index (χ2n) is 4.14. The van der Waals surface area contributed by atoms with E-state index in [0.717, 1.165) is 6.07 Å². The molecule has 0 radical (unpaired) electrons. The predicted octanol–water partition coefficient (Wildman–Crippen LogP) is 2.42. The Morgan fingerprint density at radius 2 is 2.12 bits per heavy atom. The number of aromatic amines is 1. The molecule has 1 atom stereocenters. The molecule has 2 aromatic rings. The van der Waals surface area contributed by atoms with Gasteiger partial charge in [0.1, 0.15) is 17.2 Å². The second kappa shape index (κ2) is 3.52. The Kier molecular flexibility index (Phi) is 2.42. The summed E-state index contributed by atoms with van der Waals surface area (Å²) in [7, 11) is 0. The van der Waals surface area contributed by atoms with Crippen LogP contribution in [-0.4, -0.2) is 9.97 Å². The molecule has 0 aliphatic carbocycles. The summed E-state index contributed by atoms with van der Waals surface area (Å²) >= 11 is 0. The number of hydrogen-bond donors (Lipinski definition) is 2. The minimum absolute atomic E-state index is 0.126. The second-order valence-corrected chi connectivity index (χ2v) is 4.14. The van der Waals surface area contributed by atoms with Crippen LogP contribution in [0.4, 0.5) is 8.78 Å². The van der Waals surface area contributed by atoms with Gasteiger partial charge in [-0.15, -0.1) is 0 Å². The van der Waals surface area contributed by atoms with E-state index in [1.807, 2.05) is 6.92 Å². The monoisotopic (exact) mass is 225 g/mol. The third-order valence-electron chi connectivity index (χ3n) is 2.78. The van der Waals surface area contributed by atoms with Crippen LogP contribution in [0.5, 0.6) is 0 Å². The average Bonchev–Trinajstić information content (AvgIpc) is 2.62. The largest absolute Gasteiger partial charge is 0.340 e. The zero-order chi connectivity index (χ0) is 11.9. The van der Waals surface area contributed by atoms with E-state index in [1.54, 1.807) is 6.92 Å². The summed E-state index contributed by atoms with van der Waals surface area (Å²) in [5.74, 6) is -0.839. The molecule has 0 fully saturated rings. The average molecular weight is 225 g/mol. The highest BCUT2D eigenvalue weighted by molar-refractivity contribution is 5.76. The van der Waals surface area contributed by atoms with Gasteiger partial charge >= 0.3 is 0 Å². The number of benzene rings is 1. The van der Waals surface area contributed by atoms with Crippen molar-refractivity contribution in [1.29, 1.82) is 0 Å². The summed E-state index contributed by atoms with van der Waals surface area (Å²) in [5, 5.41) is 0. The number of hydrogen-bond acceptors (Lipinski definition) is 2. The highest BCUT2D eigenvalue weighted by Crippen LogP contribution is 2.23. The molecule has 16 heavy (non-hydrogen) atoms. The lowest BCUT2D eigenvalue weighted by atomic mass is 10.0. The lowest BCUT2D eigenvalue weighted by Crippen LogP contribution is -2.33. The maximum Gasteiger partial charge on any atom is 0.153 e. The highest BCUT2D eigenvalue weighted by atomic mass is 19.1. The first-order valence-corrected chi connectivity index (χ1v) is 5.08. The van der Waals surface area contributed by atoms with Crippen molar-refractivity contribution in [3.05, 3.63) is 29.6 Å². The fraction of sp³-hybridized carbons (Fsp3) is 0.364. The van der Waals surface area contributed by atoms with Gasteiger partial charge in [0.25, 0.3) is 0 Å². The first kappa shape index (κ1) is 11.0. The molecular formula is C11H13F2N3. The van der Waals surface area contributed by atoms with E-state index in [1.165, 1.54) is 6.07 Å². The number of H-pyrrole nitrogens is 1. The van der Waals surface area contributed by atoms with Crippen LogP contribution in [0.1, 0.15) is 26.1 Å². The minimum atomic E-state index is -0.676. The number of rotatable bonds is 2. The highest BCUT2D eigenvalue weighted by Gasteiger charge is 2.23. The molecule has 1 aromatic carbocycles. The minimum Gasteiger partial charge on any atom is -0.340 e. The fourth-order valence-corrected chi connectivity index (χ4v) is 1.48. The van der Waals surface area contributed by atoms with Gasteiger partial charge in [-0.2, -0.15) is 0 Å².